The Bertz CT molecular complexity index is 1170. The van der Waals surface area contributed by atoms with Crippen LogP contribution in [0.15, 0.2) is 60.7 Å². The molecular weight excluding hydrogens is 392 g/mol. The second-order valence-corrected chi connectivity index (χ2v) is 7.88. The molecule has 0 radical (unpaired) electrons. The number of nitrogens with one attached hydrogen (secondary N) is 1. The quantitative estimate of drug-likeness (QED) is 0.638. The van der Waals surface area contributed by atoms with Crippen LogP contribution in [0.4, 0.5) is 11.4 Å². The maximum absolute atomic E-state index is 12.5. The fraction of sp³-hybridized carbons (Fsp3) is 0.240. The number of anilines is 2. The summed E-state index contributed by atoms with van der Waals surface area (Å²) >= 11 is 0. The van der Waals surface area contributed by atoms with Gasteiger partial charge >= 0.3 is 5.97 Å². The highest BCUT2D eigenvalue weighted by atomic mass is 16.5. The zero-order chi connectivity index (χ0) is 22.0. The van der Waals surface area contributed by atoms with Gasteiger partial charge in [0.05, 0.1) is 5.92 Å². The third-order valence-corrected chi connectivity index (χ3v) is 5.51. The van der Waals surface area contributed by atoms with Crippen LogP contribution in [0, 0.1) is 19.8 Å². The Hall–Kier alpha value is -3.67. The molecule has 4 rings (SSSR count). The van der Waals surface area contributed by atoms with Crippen LogP contribution in [0.2, 0.25) is 0 Å². The molecule has 0 spiro atoms. The van der Waals surface area contributed by atoms with E-state index < -0.39 is 24.4 Å². The number of aryl methyl sites for hydroxylation is 2. The number of nitrogens with zero attached hydrogens (tertiary/aromatic N) is 1. The van der Waals surface area contributed by atoms with Crippen LogP contribution in [0.3, 0.4) is 0 Å². The number of ether oxygens (including phenoxy) is 1. The number of esters is 1. The first kappa shape index (κ1) is 20.6. The van der Waals surface area contributed by atoms with E-state index in [0.29, 0.717) is 5.69 Å². The van der Waals surface area contributed by atoms with E-state index in [0.717, 1.165) is 27.6 Å². The zero-order valence-corrected chi connectivity index (χ0v) is 17.6. The minimum atomic E-state index is -0.585. The van der Waals surface area contributed by atoms with Crippen LogP contribution in [0.1, 0.15) is 17.5 Å². The predicted molar refractivity (Wildman–Crippen MR) is 120 cm³/mol. The minimum absolute atomic E-state index is 0.0804. The second kappa shape index (κ2) is 8.60. The lowest BCUT2D eigenvalue weighted by Gasteiger charge is -2.19. The molecule has 0 saturated carbocycles. The van der Waals surface area contributed by atoms with Crippen LogP contribution in [0.25, 0.3) is 10.8 Å². The Morgan fingerprint density at radius 2 is 1.84 bits per heavy atom. The molecule has 0 unspecified atom stereocenters. The maximum Gasteiger partial charge on any atom is 0.311 e. The molecule has 1 aliphatic heterocycles. The SMILES string of the molecule is Cc1ccc(N2C[C@H](C(=O)OCC(=O)Nc3cccc4ccccc34)CC2=O)c(C)c1. The normalized spacial score (nSPS) is 15.9. The monoisotopic (exact) mass is 416 g/mol. The number of fused-ring (bicyclic) bond motifs is 1. The summed E-state index contributed by atoms with van der Waals surface area (Å²) < 4.78 is 5.22. The number of benzene rings is 3. The molecule has 1 fully saturated rings. The van der Waals surface area contributed by atoms with Crippen molar-refractivity contribution in [3.8, 4) is 0 Å². The molecule has 2 amide bonds. The summed E-state index contributed by atoms with van der Waals surface area (Å²) in [7, 11) is 0. The van der Waals surface area contributed by atoms with Gasteiger partial charge in [0.15, 0.2) is 6.61 Å². The zero-order valence-electron chi connectivity index (χ0n) is 17.6. The van der Waals surface area contributed by atoms with Crippen LogP contribution >= 0.6 is 0 Å². The van der Waals surface area contributed by atoms with Gasteiger partial charge in [-0.2, -0.15) is 0 Å². The van der Waals surface area contributed by atoms with Crippen molar-refractivity contribution in [2.24, 2.45) is 5.92 Å². The first-order valence-electron chi connectivity index (χ1n) is 10.2. The number of rotatable bonds is 5. The van der Waals surface area contributed by atoms with Crippen molar-refractivity contribution < 1.29 is 19.1 Å². The lowest BCUT2D eigenvalue weighted by Crippen LogP contribution is -2.28. The molecule has 6 nitrogen and oxygen atoms in total. The Labute approximate surface area is 180 Å². The molecule has 1 aliphatic rings. The largest absolute Gasteiger partial charge is 0.455 e. The second-order valence-electron chi connectivity index (χ2n) is 7.88. The van der Waals surface area contributed by atoms with Gasteiger partial charge < -0.3 is 15.0 Å². The molecule has 0 bridgehead atoms. The number of amides is 2. The van der Waals surface area contributed by atoms with Crippen molar-refractivity contribution in [1.82, 2.24) is 0 Å². The van der Waals surface area contributed by atoms with Gasteiger partial charge in [0.1, 0.15) is 0 Å². The van der Waals surface area contributed by atoms with Gasteiger partial charge in [0.2, 0.25) is 5.91 Å². The van der Waals surface area contributed by atoms with E-state index >= 15 is 0 Å². The number of hydrogen-bond donors (Lipinski definition) is 1. The average Bonchev–Trinajstić information content (AvgIpc) is 3.14. The van der Waals surface area contributed by atoms with Crippen LogP contribution < -0.4 is 10.2 Å². The van der Waals surface area contributed by atoms with E-state index in [9.17, 15) is 14.4 Å². The maximum atomic E-state index is 12.5. The van der Waals surface area contributed by atoms with E-state index in [-0.39, 0.29) is 18.9 Å². The summed E-state index contributed by atoms with van der Waals surface area (Å²) in [6.45, 7) is 3.80. The molecule has 0 aliphatic carbocycles. The smallest absolute Gasteiger partial charge is 0.311 e. The van der Waals surface area contributed by atoms with Gasteiger partial charge in [-0.1, -0.05) is 54.1 Å². The molecule has 1 atom stereocenters. The lowest BCUT2D eigenvalue weighted by atomic mass is 10.1. The van der Waals surface area contributed by atoms with Crippen molar-refractivity contribution in [2.45, 2.75) is 20.3 Å². The summed E-state index contributed by atoms with van der Waals surface area (Å²) in [5.74, 6) is -1.65. The molecule has 0 aromatic heterocycles. The lowest BCUT2D eigenvalue weighted by molar-refractivity contribution is -0.151. The summed E-state index contributed by atoms with van der Waals surface area (Å²) in [6, 6.07) is 19.2. The minimum Gasteiger partial charge on any atom is -0.455 e. The van der Waals surface area contributed by atoms with Gasteiger partial charge in [0, 0.05) is 29.7 Å². The highest BCUT2D eigenvalue weighted by Gasteiger charge is 2.36. The van der Waals surface area contributed by atoms with E-state index in [2.05, 4.69) is 5.32 Å². The first-order chi connectivity index (χ1) is 14.9. The highest BCUT2D eigenvalue weighted by molar-refractivity contribution is 6.03. The fourth-order valence-corrected chi connectivity index (χ4v) is 3.98. The van der Waals surface area contributed by atoms with Crippen molar-refractivity contribution in [1.29, 1.82) is 0 Å². The third kappa shape index (κ3) is 4.43. The Kier molecular flexibility index (Phi) is 5.71. The molecule has 158 valence electrons. The number of carbonyl (C=O) groups excluding carboxylic acids is 3. The summed E-state index contributed by atoms with van der Waals surface area (Å²) in [5.41, 5.74) is 3.56. The van der Waals surface area contributed by atoms with E-state index in [4.69, 9.17) is 4.74 Å². The predicted octanol–water partition coefficient (Wildman–Crippen LogP) is 3.99. The van der Waals surface area contributed by atoms with Crippen LogP contribution in [0.5, 0.6) is 0 Å². The molecule has 3 aromatic rings. The van der Waals surface area contributed by atoms with E-state index in [1.54, 1.807) is 11.0 Å². The molecule has 1 N–H and O–H groups in total. The summed E-state index contributed by atoms with van der Waals surface area (Å²) in [5, 5.41) is 4.71. The highest BCUT2D eigenvalue weighted by Crippen LogP contribution is 2.29. The van der Waals surface area contributed by atoms with Crippen molar-refractivity contribution in [2.75, 3.05) is 23.4 Å². The van der Waals surface area contributed by atoms with Gasteiger partial charge in [-0.05, 0) is 36.9 Å². The molecule has 31 heavy (non-hydrogen) atoms. The molecule has 6 heteroatoms. The Balaban J connectivity index is 1.35. The van der Waals surface area contributed by atoms with Gasteiger partial charge in [-0.15, -0.1) is 0 Å². The first-order valence-corrected chi connectivity index (χ1v) is 10.2. The topological polar surface area (TPSA) is 75.7 Å². The Morgan fingerprint density at radius 3 is 2.65 bits per heavy atom. The molecule has 3 aromatic carbocycles. The van der Waals surface area contributed by atoms with E-state index in [1.807, 2.05) is 68.4 Å². The Morgan fingerprint density at radius 1 is 1.06 bits per heavy atom. The summed E-state index contributed by atoms with van der Waals surface area (Å²) in [6.07, 6.45) is 0.0804. The molecular formula is C25H24N2O4. The van der Waals surface area contributed by atoms with Gasteiger partial charge in [-0.3, -0.25) is 14.4 Å². The van der Waals surface area contributed by atoms with Crippen LogP contribution in [-0.4, -0.2) is 30.9 Å². The van der Waals surface area contributed by atoms with Gasteiger partial charge in [0.25, 0.3) is 5.91 Å². The van der Waals surface area contributed by atoms with E-state index in [1.165, 1.54) is 0 Å². The summed E-state index contributed by atoms with van der Waals surface area (Å²) in [4.78, 5) is 38.9. The average molecular weight is 416 g/mol. The van der Waals surface area contributed by atoms with Crippen molar-refractivity contribution in [3.05, 3.63) is 71.8 Å². The fourth-order valence-electron chi connectivity index (χ4n) is 3.98. The molecule has 1 saturated heterocycles. The van der Waals surface area contributed by atoms with Gasteiger partial charge in [-0.25, -0.2) is 0 Å². The van der Waals surface area contributed by atoms with Crippen molar-refractivity contribution >= 4 is 39.9 Å². The number of hydrogen-bond acceptors (Lipinski definition) is 4. The third-order valence-electron chi connectivity index (χ3n) is 5.51. The van der Waals surface area contributed by atoms with Crippen LogP contribution in [-0.2, 0) is 19.1 Å². The standard InChI is InChI=1S/C25H24N2O4/c1-16-10-11-22(17(2)12-16)27-14-19(13-24(27)29)25(30)31-15-23(28)26-21-9-5-7-18-6-3-4-8-20(18)21/h3-12,19H,13-15H2,1-2H3,(H,26,28)/t19-/m1/s1. The number of carbonyl (C=O) groups is 3. The molecule has 1 heterocycles. The van der Waals surface area contributed by atoms with Crippen molar-refractivity contribution in [3.63, 3.8) is 0 Å².